The van der Waals surface area contributed by atoms with Gasteiger partial charge in [0.1, 0.15) is 0 Å². The number of aryl methyl sites for hydroxylation is 4. The van der Waals surface area contributed by atoms with E-state index < -0.39 is 0 Å². The minimum Gasteiger partial charge on any atom is -0.493 e. The molecule has 0 bridgehead atoms. The Kier molecular flexibility index (Phi) is 30.4. The van der Waals surface area contributed by atoms with Gasteiger partial charge in [0.25, 0.3) is 0 Å². The van der Waals surface area contributed by atoms with E-state index >= 15 is 0 Å². The van der Waals surface area contributed by atoms with Crippen LogP contribution < -0.4 is 0 Å². The molecule has 3 heteroatoms. The Labute approximate surface area is 404 Å². The maximum Gasteiger partial charge on any atom is 2.00 e. The fraction of sp³-hybridized carbons (Fsp3) is 0.508. The number of rotatable bonds is 27. The van der Waals surface area contributed by atoms with Gasteiger partial charge < -0.3 is 5.53 Å². The summed E-state index contributed by atoms with van der Waals surface area (Å²) in [4.78, 5) is 0. The normalized spacial score (nSPS) is 12.1. The molecular weight excluding hydrogens is 819 g/mol. The molecule has 0 radical (unpaired) electrons. The van der Waals surface area contributed by atoms with Crippen LogP contribution in [0.25, 0.3) is 16.9 Å². The van der Waals surface area contributed by atoms with E-state index in [1.54, 1.807) is 4.70 Å². The molecule has 0 saturated carbocycles. The number of allylic oxidation sites excluding steroid dienone is 2. The molecule has 0 spiro atoms. The maximum atomic E-state index is 12.6. The van der Waals surface area contributed by atoms with Crippen molar-refractivity contribution < 1.29 is 21.2 Å². The molecule has 1 heterocycles. The van der Waals surface area contributed by atoms with Crippen LogP contribution in [0.5, 0.6) is 0 Å². The predicted octanol–water partition coefficient (Wildman–Crippen LogP) is 19.1. The average molecular weight is 908 g/mol. The van der Waals surface area contributed by atoms with E-state index in [0.29, 0.717) is 0 Å². The van der Waals surface area contributed by atoms with Crippen LogP contribution in [0.2, 0.25) is 0 Å². The quantitative estimate of drug-likeness (QED) is 0.0247. The van der Waals surface area contributed by atoms with E-state index in [9.17, 15) is 5.53 Å². The number of benzene rings is 4. The SMILES string of the molecule is CCCCCCCCC1=C(c2cc(CCCC)cc(CCCCC)c2)[N+](=[N-])C(c2cc(CCCC)cc(CCCCC)c2)=C1CCCCC.[CH2-]c1ccccc1.[CH2-]c1ccccc1.[Ni+2]. The second kappa shape index (κ2) is 34.5. The van der Waals surface area contributed by atoms with E-state index in [1.165, 1.54) is 167 Å². The first-order chi connectivity index (χ1) is 30.8. The molecule has 5 rings (SSSR count). The molecule has 64 heavy (non-hydrogen) atoms. The van der Waals surface area contributed by atoms with E-state index in [1.807, 2.05) is 60.7 Å². The van der Waals surface area contributed by atoms with Gasteiger partial charge in [-0.3, -0.25) is 0 Å². The molecule has 0 N–H and O–H groups in total. The van der Waals surface area contributed by atoms with Crippen molar-refractivity contribution in [1.82, 2.24) is 0 Å². The van der Waals surface area contributed by atoms with Crippen LogP contribution in [0.1, 0.15) is 221 Å². The molecule has 1 aliphatic heterocycles. The van der Waals surface area contributed by atoms with Crippen LogP contribution in [0.4, 0.5) is 0 Å². The average Bonchev–Trinajstić information content (AvgIpc) is 3.57. The van der Waals surface area contributed by atoms with E-state index in [-0.39, 0.29) is 16.5 Å². The van der Waals surface area contributed by atoms with Crippen molar-refractivity contribution in [2.75, 3.05) is 0 Å². The third-order valence-electron chi connectivity index (χ3n) is 12.3. The Morgan fingerprint density at radius 1 is 0.359 bits per heavy atom. The smallest absolute Gasteiger partial charge is 0.493 e. The minimum atomic E-state index is 0. The first-order valence-electron chi connectivity index (χ1n) is 25.8. The fourth-order valence-corrected chi connectivity index (χ4v) is 8.67. The van der Waals surface area contributed by atoms with Crippen molar-refractivity contribution in [3.8, 4) is 0 Å². The van der Waals surface area contributed by atoms with Gasteiger partial charge in [-0.05, 0) is 124 Å². The summed E-state index contributed by atoms with van der Waals surface area (Å²) >= 11 is 0. The Balaban J connectivity index is 0.000000790. The molecule has 4 aromatic rings. The predicted molar refractivity (Wildman–Crippen MR) is 278 cm³/mol. The van der Waals surface area contributed by atoms with Gasteiger partial charge >= 0.3 is 16.5 Å². The van der Waals surface area contributed by atoms with Crippen LogP contribution >= 0.6 is 0 Å². The molecule has 0 fully saturated rings. The zero-order valence-electron chi connectivity index (χ0n) is 41.5. The molecule has 352 valence electrons. The van der Waals surface area contributed by atoms with E-state index in [2.05, 4.69) is 91.8 Å². The summed E-state index contributed by atoms with van der Waals surface area (Å²) in [5, 5.41) is 0. The van der Waals surface area contributed by atoms with Crippen LogP contribution in [0.15, 0.2) is 108 Å². The molecule has 0 amide bonds. The maximum absolute atomic E-state index is 12.6. The minimum absolute atomic E-state index is 0. The Bertz CT molecular complexity index is 1870. The zero-order chi connectivity index (χ0) is 45.5. The summed E-state index contributed by atoms with van der Waals surface area (Å²) in [6.45, 7) is 21.2. The van der Waals surface area contributed by atoms with E-state index in [0.717, 1.165) is 61.0 Å². The van der Waals surface area contributed by atoms with E-state index in [4.69, 9.17) is 0 Å². The Hall–Kier alpha value is -3.81. The number of nitrogens with zero attached hydrogens (tertiary/aromatic N) is 2. The number of hydrogen-bond donors (Lipinski definition) is 0. The molecule has 0 aromatic heterocycles. The third-order valence-corrected chi connectivity index (χ3v) is 12.3. The zero-order valence-corrected chi connectivity index (χ0v) is 42.5. The first-order valence-corrected chi connectivity index (χ1v) is 25.8. The van der Waals surface area contributed by atoms with Gasteiger partial charge in [-0.1, -0.05) is 149 Å². The van der Waals surface area contributed by atoms with Gasteiger partial charge in [0, 0.05) is 22.3 Å². The van der Waals surface area contributed by atoms with Crippen molar-refractivity contribution in [2.45, 2.75) is 202 Å². The van der Waals surface area contributed by atoms with Gasteiger partial charge in [0.15, 0.2) is 0 Å². The third kappa shape index (κ3) is 21.0. The molecule has 0 unspecified atom stereocenters. The molecule has 1 aliphatic rings. The second-order valence-corrected chi connectivity index (χ2v) is 18.1. The standard InChI is InChI=1S/C47H74N2.2C7H7.Ni/c1-7-13-19-20-21-25-31-45-44(30-24-16-10-4)46(42-34-38(26-17-11-5)32-40(36-42)28-22-14-8-2)49(48)47(45)43-35-39(27-18-12-6)33-41(37-43)29-23-15-9-3;2*1-7-5-3-2-4-6-7;/h32-37H,7-31H2,1-6H3;2*2-6H,1H2;/q;2*-1;+2. The number of hydrogen-bond acceptors (Lipinski definition) is 0. The van der Waals surface area contributed by atoms with Crippen molar-refractivity contribution in [2.24, 2.45) is 0 Å². The van der Waals surface area contributed by atoms with Crippen molar-refractivity contribution in [3.63, 3.8) is 0 Å². The molecule has 0 saturated heterocycles. The topological polar surface area (TPSA) is 25.3 Å². The van der Waals surface area contributed by atoms with Gasteiger partial charge in [-0.25, -0.2) is 4.70 Å². The summed E-state index contributed by atoms with van der Waals surface area (Å²) in [5.41, 5.74) is 27.9. The largest absolute Gasteiger partial charge is 2.00 e. The first kappa shape index (κ1) is 56.3. The van der Waals surface area contributed by atoms with Crippen molar-refractivity contribution in [1.29, 1.82) is 0 Å². The van der Waals surface area contributed by atoms with Crippen LogP contribution in [0, 0.1) is 13.8 Å². The molecular formula is C61H88N2Ni. The van der Waals surface area contributed by atoms with Gasteiger partial charge in [-0.15, -0.1) is 24.3 Å². The molecule has 4 aromatic carbocycles. The summed E-state index contributed by atoms with van der Waals surface area (Å²) in [5.74, 6) is 0. The molecule has 2 nitrogen and oxygen atoms in total. The second-order valence-electron chi connectivity index (χ2n) is 18.1. The van der Waals surface area contributed by atoms with Crippen molar-refractivity contribution in [3.05, 3.63) is 172 Å². The van der Waals surface area contributed by atoms with Crippen LogP contribution in [-0.2, 0) is 42.2 Å². The summed E-state index contributed by atoms with van der Waals surface area (Å²) in [7, 11) is 0. The summed E-state index contributed by atoms with van der Waals surface area (Å²) < 4.78 is 1.68. The van der Waals surface area contributed by atoms with Crippen LogP contribution in [-0.4, -0.2) is 4.70 Å². The molecule has 0 atom stereocenters. The number of unbranched alkanes of at least 4 members (excludes halogenated alkanes) is 13. The summed E-state index contributed by atoms with van der Waals surface area (Å²) in [6.07, 6.45) is 30.2. The van der Waals surface area contributed by atoms with Crippen molar-refractivity contribution >= 4 is 11.4 Å². The monoisotopic (exact) mass is 907 g/mol. The van der Waals surface area contributed by atoms with Gasteiger partial charge in [0.05, 0.1) is 0 Å². The van der Waals surface area contributed by atoms with Gasteiger partial charge in [0.2, 0.25) is 11.4 Å². The van der Waals surface area contributed by atoms with Crippen LogP contribution in [0.3, 0.4) is 0 Å². The van der Waals surface area contributed by atoms with Gasteiger partial charge in [-0.2, -0.15) is 49.2 Å². The Morgan fingerprint density at radius 3 is 0.969 bits per heavy atom. The molecule has 0 aliphatic carbocycles. The fourth-order valence-electron chi connectivity index (χ4n) is 8.67. The summed E-state index contributed by atoms with van der Waals surface area (Å²) in [6, 6.07) is 34.4. The Morgan fingerprint density at radius 2 is 0.641 bits per heavy atom.